The van der Waals surface area contributed by atoms with Gasteiger partial charge in [-0.2, -0.15) is 5.10 Å². The molecule has 0 radical (unpaired) electrons. The Bertz CT molecular complexity index is 856. The molecular formula is C18H22N4O3. The van der Waals surface area contributed by atoms with Crippen LogP contribution in [-0.2, 0) is 9.59 Å². The number of fused-ring (bicyclic) bond motifs is 1. The number of carbonyl (C=O) groups excluding carboxylic acids is 2. The Morgan fingerprint density at radius 2 is 2.00 bits per heavy atom. The molecule has 1 aliphatic heterocycles. The minimum Gasteiger partial charge on any atom is -0.466 e. The number of aryl methyl sites for hydroxylation is 1. The van der Waals surface area contributed by atoms with E-state index < -0.39 is 17.4 Å². The van der Waals surface area contributed by atoms with Crippen LogP contribution in [0.1, 0.15) is 38.2 Å². The first-order chi connectivity index (χ1) is 11.7. The molecule has 0 fully saturated rings. The van der Waals surface area contributed by atoms with E-state index in [0.717, 1.165) is 5.69 Å². The van der Waals surface area contributed by atoms with E-state index in [-0.39, 0.29) is 6.04 Å². The maximum absolute atomic E-state index is 12.9. The van der Waals surface area contributed by atoms with Gasteiger partial charge in [0, 0.05) is 6.04 Å². The van der Waals surface area contributed by atoms with E-state index in [1.54, 1.807) is 24.3 Å². The Balaban J connectivity index is 1.90. The predicted octanol–water partition coefficient (Wildman–Crippen LogP) is 2.81. The molecule has 0 unspecified atom stereocenters. The lowest BCUT2D eigenvalue weighted by molar-refractivity contribution is -0.143. The van der Waals surface area contributed by atoms with Crippen LogP contribution in [0, 0.1) is 13.8 Å². The number of nitrogens with one attached hydrogen (secondary N) is 2. The van der Waals surface area contributed by atoms with Gasteiger partial charge >= 0.3 is 0 Å². The summed E-state index contributed by atoms with van der Waals surface area (Å²) in [4.78, 5) is 25.3. The summed E-state index contributed by atoms with van der Waals surface area (Å²) in [6.45, 7) is 9.20. The normalized spacial score (nSPS) is 19.2. The zero-order valence-corrected chi connectivity index (χ0v) is 15.0. The van der Waals surface area contributed by atoms with Crippen molar-refractivity contribution in [2.45, 2.75) is 46.3 Å². The molecule has 0 bridgehead atoms. The van der Waals surface area contributed by atoms with Gasteiger partial charge < -0.3 is 15.4 Å². The highest BCUT2D eigenvalue weighted by Crippen LogP contribution is 2.34. The van der Waals surface area contributed by atoms with E-state index in [0.29, 0.717) is 22.8 Å². The monoisotopic (exact) mass is 342 g/mol. The van der Waals surface area contributed by atoms with E-state index in [1.165, 1.54) is 6.92 Å². The van der Waals surface area contributed by atoms with Crippen LogP contribution in [0.3, 0.4) is 0 Å². The molecule has 1 aliphatic rings. The third kappa shape index (κ3) is 2.75. The Hall–Kier alpha value is -2.83. The summed E-state index contributed by atoms with van der Waals surface area (Å²) >= 11 is 0. The highest BCUT2D eigenvalue weighted by Gasteiger charge is 2.47. The van der Waals surface area contributed by atoms with Crippen LogP contribution in [0.4, 0.5) is 11.4 Å². The first-order valence-corrected chi connectivity index (χ1v) is 8.20. The fourth-order valence-electron chi connectivity index (χ4n) is 2.90. The molecule has 3 rings (SSSR count). The SMILES string of the molecule is Cc1nn(C(C)C)c(C)c1NC(=O)[C@@]1(C)Oc2ccccc2NC1=O. The van der Waals surface area contributed by atoms with Crippen molar-refractivity contribution >= 4 is 23.2 Å². The molecule has 1 aromatic heterocycles. The molecule has 25 heavy (non-hydrogen) atoms. The third-order valence-electron chi connectivity index (χ3n) is 4.37. The second-order valence-corrected chi connectivity index (χ2v) is 6.62. The summed E-state index contributed by atoms with van der Waals surface area (Å²) in [5.74, 6) is -0.574. The topological polar surface area (TPSA) is 85.2 Å². The number of ether oxygens (including phenoxy) is 1. The van der Waals surface area contributed by atoms with Crippen LogP contribution in [0.15, 0.2) is 24.3 Å². The molecule has 0 spiro atoms. The van der Waals surface area contributed by atoms with Gasteiger partial charge in [0.1, 0.15) is 5.75 Å². The largest absolute Gasteiger partial charge is 0.466 e. The summed E-state index contributed by atoms with van der Waals surface area (Å²) in [5, 5.41) is 9.99. The van der Waals surface area contributed by atoms with Gasteiger partial charge in [-0.15, -0.1) is 0 Å². The third-order valence-corrected chi connectivity index (χ3v) is 4.37. The number of carbonyl (C=O) groups is 2. The van der Waals surface area contributed by atoms with Gasteiger partial charge in [0.15, 0.2) is 0 Å². The Morgan fingerprint density at radius 3 is 2.64 bits per heavy atom. The molecule has 2 aromatic rings. The Morgan fingerprint density at radius 1 is 1.32 bits per heavy atom. The summed E-state index contributed by atoms with van der Waals surface area (Å²) in [5.41, 5.74) is 1.03. The van der Waals surface area contributed by atoms with Crippen molar-refractivity contribution in [1.29, 1.82) is 0 Å². The molecule has 0 saturated heterocycles. The van der Waals surface area contributed by atoms with Crippen LogP contribution >= 0.6 is 0 Å². The summed E-state index contributed by atoms with van der Waals surface area (Å²) in [7, 11) is 0. The zero-order valence-electron chi connectivity index (χ0n) is 15.0. The average molecular weight is 342 g/mol. The molecule has 7 heteroatoms. The van der Waals surface area contributed by atoms with Gasteiger partial charge in [0.05, 0.1) is 22.8 Å². The van der Waals surface area contributed by atoms with Crippen molar-refractivity contribution in [1.82, 2.24) is 9.78 Å². The molecule has 1 aromatic carbocycles. The summed E-state index contributed by atoms with van der Waals surface area (Å²) in [6.07, 6.45) is 0. The predicted molar refractivity (Wildman–Crippen MR) is 94.8 cm³/mol. The first kappa shape index (κ1) is 17.0. The molecule has 2 heterocycles. The number of anilines is 2. The van der Waals surface area contributed by atoms with Gasteiger partial charge in [0.25, 0.3) is 17.4 Å². The molecule has 132 valence electrons. The van der Waals surface area contributed by atoms with Crippen LogP contribution in [-0.4, -0.2) is 27.2 Å². The van der Waals surface area contributed by atoms with Crippen LogP contribution in [0.25, 0.3) is 0 Å². The molecule has 2 N–H and O–H groups in total. The number of hydrogen-bond donors (Lipinski definition) is 2. The maximum Gasteiger partial charge on any atom is 0.278 e. The van der Waals surface area contributed by atoms with Crippen molar-refractivity contribution < 1.29 is 14.3 Å². The van der Waals surface area contributed by atoms with Crippen molar-refractivity contribution in [2.75, 3.05) is 10.6 Å². The fraction of sp³-hybridized carbons (Fsp3) is 0.389. The number of benzene rings is 1. The zero-order chi connectivity index (χ0) is 18.4. The smallest absolute Gasteiger partial charge is 0.278 e. The fourth-order valence-corrected chi connectivity index (χ4v) is 2.90. The molecule has 0 saturated carbocycles. The lowest BCUT2D eigenvalue weighted by Crippen LogP contribution is -2.56. The van der Waals surface area contributed by atoms with Crippen molar-refractivity contribution in [3.63, 3.8) is 0 Å². The van der Waals surface area contributed by atoms with Gasteiger partial charge in [-0.1, -0.05) is 12.1 Å². The van der Waals surface area contributed by atoms with Gasteiger partial charge in [0.2, 0.25) is 0 Å². The van der Waals surface area contributed by atoms with Gasteiger partial charge in [-0.3, -0.25) is 14.3 Å². The van der Waals surface area contributed by atoms with Crippen LogP contribution in [0.2, 0.25) is 0 Å². The van der Waals surface area contributed by atoms with Crippen LogP contribution < -0.4 is 15.4 Å². The Labute approximate surface area is 146 Å². The molecule has 1 atom stereocenters. The quantitative estimate of drug-likeness (QED) is 0.840. The maximum atomic E-state index is 12.9. The van der Waals surface area contributed by atoms with Gasteiger partial charge in [-0.25, -0.2) is 0 Å². The van der Waals surface area contributed by atoms with E-state index in [4.69, 9.17) is 4.74 Å². The van der Waals surface area contributed by atoms with Crippen molar-refractivity contribution in [3.05, 3.63) is 35.7 Å². The second-order valence-electron chi connectivity index (χ2n) is 6.62. The minimum absolute atomic E-state index is 0.168. The highest BCUT2D eigenvalue weighted by molar-refractivity contribution is 6.19. The van der Waals surface area contributed by atoms with Crippen molar-refractivity contribution in [2.24, 2.45) is 0 Å². The summed E-state index contributed by atoms with van der Waals surface area (Å²) in [6, 6.07) is 7.19. The lowest BCUT2D eigenvalue weighted by Gasteiger charge is -2.33. The minimum atomic E-state index is -1.66. The van der Waals surface area contributed by atoms with E-state index in [2.05, 4.69) is 15.7 Å². The first-order valence-electron chi connectivity index (χ1n) is 8.20. The molecular weight excluding hydrogens is 320 g/mol. The number of nitrogens with zero attached hydrogens (tertiary/aromatic N) is 2. The molecule has 7 nitrogen and oxygen atoms in total. The second kappa shape index (κ2) is 5.91. The van der Waals surface area contributed by atoms with Gasteiger partial charge in [-0.05, 0) is 46.8 Å². The summed E-state index contributed by atoms with van der Waals surface area (Å²) < 4.78 is 7.59. The van der Waals surface area contributed by atoms with E-state index in [9.17, 15) is 9.59 Å². The number of amides is 2. The number of aromatic nitrogens is 2. The lowest BCUT2D eigenvalue weighted by atomic mass is 10.0. The molecule has 2 amide bonds. The average Bonchev–Trinajstić information content (AvgIpc) is 2.84. The number of hydrogen-bond acceptors (Lipinski definition) is 4. The number of rotatable bonds is 3. The standard InChI is InChI=1S/C18H22N4O3/c1-10(2)22-12(4)15(11(3)21-22)20-17(24)18(5)16(23)19-13-8-6-7-9-14(13)25-18/h6-10H,1-5H3,(H,19,23)(H,20,24)/t18-/m0/s1. The van der Waals surface area contributed by atoms with Crippen molar-refractivity contribution in [3.8, 4) is 5.75 Å². The van der Waals surface area contributed by atoms with E-state index in [1.807, 2.05) is 32.4 Å². The van der Waals surface area contributed by atoms with E-state index >= 15 is 0 Å². The molecule has 0 aliphatic carbocycles. The van der Waals surface area contributed by atoms with Crippen LogP contribution in [0.5, 0.6) is 5.75 Å². The Kier molecular flexibility index (Phi) is 4.02. The number of para-hydroxylation sites is 2. The highest BCUT2D eigenvalue weighted by atomic mass is 16.5.